The molecule has 10 heteroatoms. The molecule has 3 N–H and O–H groups in total. The fourth-order valence-corrected chi connectivity index (χ4v) is 4.45. The molecule has 0 fully saturated rings. The summed E-state index contributed by atoms with van der Waals surface area (Å²) in [4.78, 5) is 0.0214. The SMILES string of the molecule is CS(=O)(=O)CS(=O)(=O)NCc1ccc(C(N)=S)cc1F. The number of sulfone groups is 1. The van der Waals surface area contributed by atoms with E-state index in [1.54, 1.807) is 0 Å². The van der Waals surface area contributed by atoms with Gasteiger partial charge in [0.05, 0.1) is 0 Å². The molecule has 6 nitrogen and oxygen atoms in total. The zero-order valence-electron chi connectivity index (χ0n) is 10.5. The van der Waals surface area contributed by atoms with E-state index < -0.39 is 30.8 Å². The normalized spacial score (nSPS) is 12.3. The average Bonchev–Trinajstić information content (AvgIpc) is 2.23. The Morgan fingerprint density at radius 3 is 2.40 bits per heavy atom. The topological polar surface area (TPSA) is 106 Å². The number of benzene rings is 1. The first-order chi connectivity index (χ1) is 9.00. The number of nitrogens with two attached hydrogens (primary N) is 1. The molecule has 0 amide bonds. The number of hydrogen-bond donors (Lipinski definition) is 2. The summed E-state index contributed by atoms with van der Waals surface area (Å²) >= 11 is 4.68. The van der Waals surface area contributed by atoms with E-state index >= 15 is 0 Å². The van der Waals surface area contributed by atoms with Gasteiger partial charge in [-0.1, -0.05) is 24.4 Å². The van der Waals surface area contributed by atoms with Gasteiger partial charge in [-0.15, -0.1) is 0 Å². The number of halogens is 1. The molecule has 0 unspecified atom stereocenters. The van der Waals surface area contributed by atoms with Gasteiger partial charge in [0.1, 0.15) is 10.8 Å². The van der Waals surface area contributed by atoms with Crippen LogP contribution in [0.25, 0.3) is 0 Å². The number of nitrogens with one attached hydrogen (secondary N) is 1. The van der Waals surface area contributed by atoms with E-state index in [0.717, 1.165) is 12.3 Å². The maximum Gasteiger partial charge on any atom is 0.226 e. The molecule has 0 saturated heterocycles. The van der Waals surface area contributed by atoms with Crippen LogP contribution in [0.2, 0.25) is 0 Å². The molecule has 0 aromatic heterocycles. The van der Waals surface area contributed by atoms with E-state index in [9.17, 15) is 21.2 Å². The molecule has 0 radical (unpaired) electrons. The van der Waals surface area contributed by atoms with Crippen molar-refractivity contribution in [3.05, 3.63) is 35.1 Å². The van der Waals surface area contributed by atoms with Crippen molar-refractivity contribution in [3.8, 4) is 0 Å². The molecule has 0 bridgehead atoms. The fourth-order valence-electron chi connectivity index (χ4n) is 1.36. The smallest absolute Gasteiger partial charge is 0.226 e. The van der Waals surface area contributed by atoms with Crippen LogP contribution in [-0.2, 0) is 26.4 Å². The molecule has 112 valence electrons. The summed E-state index contributed by atoms with van der Waals surface area (Å²) in [6.07, 6.45) is 0.795. The lowest BCUT2D eigenvalue weighted by Gasteiger charge is -2.08. The summed E-state index contributed by atoms with van der Waals surface area (Å²) < 4.78 is 60.4. The Balaban J connectivity index is 2.83. The van der Waals surface area contributed by atoms with Gasteiger partial charge in [0.15, 0.2) is 14.9 Å². The van der Waals surface area contributed by atoms with Crippen molar-refractivity contribution in [2.24, 2.45) is 5.73 Å². The standard InChI is InChI=1S/C10H13FN2O4S3/c1-19(14,15)6-20(16,17)13-5-8-3-2-7(10(12)18)4-9(8)11/h2-4,13H,5-6H2,1H3,(H2,12,18). The van der Waals surface area contributed by atoms with Crippen LogP contribution < -0.4 is 10.5 Å². The second-order valence-corrected chi connectivity index (χ2v) is 8.90. The van der Waals surface area contributed by atoms with E-state index in [1.165, 1.54) is 12.1 Å². The first kappa shape index (κ1) is 17.0. The van der Waals surface area contributed by atoms with Gasteiger partial charge in [-0.05, 0) is 6.07 Å². The summed E-state index contributed by atoms with van der Waals surface area (Å²) in [5.41, 5.74) is 5.71. The predicted octanol–water partition coefficient (Wildman–Crippen LogP) is -0.119. The summed E-state index contributed by atoms with van der Waals surface area (Å²) in [6, 6.07) is 3.86. The van der Waals surface area contributed by atoms with E-state index in [1.807, 2.05) is 4.72 Å². The minimum atomic E-state index is -4.04. The lowest BCUT2D eigenvalue weighted by Crippen LogP contribution is -2.29. The van der Waals surface area contributed by atoms with Gasteiger partial charge in [0, 0.05) is 23.9 Å². The summed E-state index contributed by atoms with van der Waals surface area (Å²) in [5.74, 6) is -0.683. The molecule has 20 heavy (non-hydrogen) atoms. The van der Waals surface area contributed by atoms with Gasteiger partial charge < -0.3 is 5.73 Å². The second-order valence-electron chi connectivity index (χ2n) is 4.15. The Labute approximate surface area is 122 Å². The van der Waals surface area contributed by atoms with Crippen molar-refractivity contribution < 1.29 is 21.2 Å². The average molecular weight is 340 g/mol. The van der Waals surface area contributed by atoms with E-state index in [0.29, 0.717) is 5.56 Å². The quantitative estimate of drug-likeness (QED) is 0.700. The Hall–Kier alpha value is -1.10. The van der Waals surface area contributed by atoms with Crippen molar-refractivity contribution in [2.45, 2.75) is 6.54 Å². The third-order valence-corrected chi connectivity index (χ3v) is 5.96. The molecule has 1 aromatic rings. The molecule has 0 spiro atoms. The number of rotatable bonds is 6. The predicted molar refractivity (Wildman–Crippen MR) is 77.8 cm³/mol. The zero-order chi connectivity index (χ0) is 15.6. The van der Waals surface area contributed by atoms with Crippen LogP contribution >= 0.6 is 12.2 Å². The van der Waals surface area contributed by atoms with Crippen LogP contribution in [-0.4, -0.2) is 33.2 Å². The maximum atomic E-state index is 13.7. The maximum absolute atomic E-state index is 13.7. The monoisotopic (exact) mass is 340 g/mol. The highest BCUT2D eigenvalue weighted by Gasteiger charge is 2.18. The number of thiocarbonyl (C=S) groups is 1. The van der Waals surface area contributed by atoms with Crippen LogP contribution in [0.15, 0.2) is 18.2 Å². The lowest BCUT2D eigenvalue weighted by atomic mass is 10.1. The fraction of sp³-hybridized carbons (Fsp3) is 0.300. The van der Waals surface area contributed by atoms with E-state index in [-0.39, 0.29) is 17.1 Å². The first-order valence-electron chi connectivity index (χ1n) is 5.23. The van der Waals surface area contributed by atoms with Crippen molar-refractivity contribution in [3.63, 3.8) is 0 Å². The highest BCUT2D eigenvalue weighted by Crippen LogP contribution is 2.11. The van der Waals surface area contributed by atoms with Gasteiger partial charge in [-0.2, -0.15) is 0 Å². The number of hydrogen-bond acceptors (Lipinski definition) is 5. The molecular formula is C10H13FN2O4S3. The molecule has 0 atom stereocenters. The van der Waals surface area contributed by atoms with Gasteiger partial charge in [-0.25, -0.2) is 25.9 Å². The largest absolute Gasteiger partial charge is 0.389 e. The molecule has 0 heterocycles. The summed E-state index contributed by atoms with van der Waals surface area (Å²) in [6.45, 7) is -0.360. The van der Waals surface area contributed by atoms with Crippen LogP contribution in [0.3, 0.4) is 0 Å². The highest BCUT2D eigenvalue weighted by molar-refractivity contribution is 8.06. The second kappa shape index (κ2) is 6.12. The molecular weight excluding hydrogens is 327 g/mol. The first-order valence-corrected chi connectivity index (χ1v) is 9.35. The Morgan fingerprint density at radius 1 is 1.35 bits per heavy atom. The van der Waals surface area contributed by atoms with Crippen molar-refractivity contribution in [1.29, 1.82) is 0 Å². The van der Waals surface area contributed by atoms with Crippen LogP contribution in [0.5, 0.6) is 0 Å². The minimum absolute atomic E-state index is 0.0214. The molecule has 1 rings (SSSR count). The van der Waals surface area contributed by atoms with E-state index in [2.05, 4.69) is 12.2 Å². The lowest BCUT2D eigenvalue weighted by molar-refractivity contribution is 0.575. The van der Waals surface area contributed by atoms with E-state index in [4.69, 9.17) is 5.73 Å². The molecule has 0 aliphatic rings. The molecule has 0 saturated carbocycles. The van der Waals surface area contributed by atoms with Gasteiger partial charge in [0.2, 0.25) is 10.0 Å². The summed E-state index contributed by atoms with van der Waals surface area (Å²) in [7, 11) is -7.73. The zero-order valence-corrected chi connectivity index (χ0v) is 12.9. The van der Waals surface area contributed by atoms with Gasteiger partial charge >= 0.3 is 0 Å². The van der Waals surface area contributed by atoms with Crippen LogP contribution in [0.1, 0.15) is 11.1 Å². The highest BCUT2D eigenvalue weighted by atomic mass is 32.3. The minimum Gasteiger partial charge on any atom is -0.389 e. The molecule has 1 aromatic carbocycles. The van der Waals surface area contributed by atoms with Crippen LogP contribution in [0, 0.1) is 5.82 Å². The Kier molecular flexibility index (Phi) is 5.19. The van der Waals surface area contributed by atoms with Gasteiger partial charge in [-0.3, -0.25) is 0 Å². The van der Waals surface area contributed by atoms with Gasteiger partial charge in [0.25, 0.3) is 0 Å². The third kappa shape index (κ3) is 5.49. The summed E-state index contributed by atoms with van der Waals surface area (Å²) in [5, 5.41) is -1.05. The Bertz CT molecular complexity index is 729. The van der Waals surface area contributed by atoms with Crippen molar-refractivity contribution in [1.82, 2.24) is 4.72 Å². The third-order valence-electron chi connectivity index (χ3n) is 2.19. The molecule has 0 aliphatic carbocycles. The van der Waals surface area contributed by atoms with Crippen molar-refractivity contribution >= 4 is 37.1 Å². The molecule has 0 aliphatic heterocycles. The van der Waals surface area contributed by atoms with Crippen LogP contribution in [0.4, 0.5) is 4.39 Å². The number of sulfonamides is 1. The Morgan fingerprint density at radius 2 is 1.95 bits per heavy atom. The van der Waals surface area contributed by atoms with Crippen molar-refractivity contribution in [2.75, 3.05) is 11.3 Å².